The monoisotopic (exact) mass is 206 g/mol. The van der Waals surface area contributed by atoms with Gasteiger partial charge in [-0.05, 0) is 6.92 Å². The van der Waals surface area contributed by atoms with Crippen LogP contribution in [0.15, 0.2) is 0 Å². The Morgan fingerprint density at radius 3 is 1.86 bits per heavy atom. The highest BCUT2D eigenvalue weighted by atomic mass is 16.3. The summed E-state index contributed by atoms with van der Waals surface area (Å²) < 4.78 is 0. The summed E-state index contributed by atoms with van der Waals surface area (Å²) in [4.78, 5) is 21.9. The molecule has 0 saturated heterocycles. The number of aliphatic hydroxyl groups is 4. The molecule has 0 aliphatic heterocycles. The molecule has 0 bridgehead atoms. The Morgan fingerprint density at radius 2 is 1.50 bits per heavy atom. The lowest BCUT2D eigenvalue weighted by Gasteiger charge is -2.11. The number of rotatable bonds is 6. The Kier molecular flexibility index (Phi) is 5.47. The van der Waals surface area contributed by atoms with Crippen molar-refractivity contribution in [1.29, 1.82) is 0 Å². The molecule has 0 aliphatic rings. The Labute approximate surface area is 80.8 Å². The highest BCUT2D eigenvalue weighted by Gasteiger charge is 2.28. The average molecular weight is 206 g/mol. The molecule has 0 rings (SSSR count). The lowest BCUT2D eigenvalue weighted by molar-refractivity contribution is -0.147. The summed E-state index contributed by atoms with van der Waals surface area (Å²) >= 11 is 0. The number of ketones is 2. The first-order chi connectivity index (χ1) is 6.40. The fourth-order valence-corrected chi connectivity index (χ4v) is 0.841. The van der Waals surface area contributed by atoms with E-state index in [1.807, 2.05) is 0 Å². The minimum absolute atomic E-state index is 0.275. The third kappa shape index (κ3) is 3.93. The van der Waals surface area contributed by atoms with Crippen molar-refractivity contribution in [2.24, 2.45) is 0 Å². The first kappa shape index (κ1) is 13.2. The quantitative estimate of drug-likeness (QED) is 0.360. The van der Waals surface area contributed by atoms with Crippen LogP contribution in [0.4, 0.5) is 0 Å². The molecule has 14 heavy (non-hydrogen) atoms. The summed E-state index contributed by atoms with van der Waals surface area (Å²) in [6.07, 6.45) is -4.63. The van der Waals surface area contributed by atoms with E-state index >= 15 is 0 Å². The largest absolute Gasteiger partial charge is 0.393 e. The second kappa shape index (κ2) is 5.82. The van der Waals surface area contributed by atoms with Crippen LogP contribution in [0.3, 0.4) is 0 Å². The van der Waals surface area contributed by atoms with Crippen molar-refractivity contribution in [2.45, 2.75) is 31.7 Å². The molecular formula is C8H14O6. The van der Waals surface area contributed by atoms with Gasteiger partial charge in [-0.2, -0.15) is 0 Å². The first-order valence-electron chi connectivity index (χ1n) is 4.13. The van der Waals surface area contributed by atoms with E-state index in [4.69, 9.17) is 20.4 Å². The number of carbonyl (C=O) groups is 2. The molecule has 4 N–H and O–H groups in total. The van der Waals surface area contributed by atoms with E-state index in [9.17, 15) is 9.59 Å². The van der Waals surface area contributed by atoms with Gasteiger partial charge in [0, 0.05) is 6.42 Å². The van der Waals surface area contributed by atoms with Gasteiger partial charge in [0.25, 0.3) is 0 Å². The van der Waals surface area contributed by atoms with Crippen LogP contribution < -0.4 is 0 Å². The number of Topliss-reactive ketones (excluding diaryl/α,β-unsaturated/α-hetero) is 2. The van der Waals surface area contributed by atoms with E-state index < -0.39 is 36.5 Å². The molecule has 0 aromatic rings. The summed E-state index contributed by atoms with van der Waals surface area (Å²) in [5, 5.41) is 35.0. The highest BCUT2D eigenvalue weighted by molar-refractivity contribution is 6.40. The number of hydrogen-bond donors (Lipinski definition) is 4. The molecule has 6 heteroatoms. The minimum atomic E-state index is -1.80. The van der Waals surface area contributed by atoms with Crippen LogP contribution in [-0.4, -0.2) is 56.9 Å². The van der Waals surface area contributed by atoms with Gasteiger partial charge in [0.05, 0.1) is 12.7 Å². The fourth-order valence-electron chi connectivity index (χ4n) is 0.841. The Balaban J connectivity index is 4.25. The molecule has 0 heterocycles. The van der Waals surface area contributed by atoms with E-state index in [2.05, 4.69) is 0 Å². The highest BCUT2D eigenvalue weighted by Crippen LogP contribution is 2.01. The van der Waals surface area contributed by atoms with Crippen molar-refractivity contribution in [3.8, 4) is 0 Å². The van der Waals surface area contributed by atoms with Crippen molar-refractivity contribution in [2.75, 3.05) is 6.61 Å². The summed E-state index contributed by atoms with van der Waals surface area (Å²) in [6, 6.07) is 0. The second-order valence-corrected chi connectivity index (χ2v) is 3.03. The average Bonchev–Trinajstić information content (AvgIpc) is 2.13. The smallest absolute Gasteiger partial charge is 0.231 e. The molecule has 82 valence electrons. The summed E-state index contributed by atoms with van der Waals surface area (Å²) in [5.74, 6) is -2.45. The van der Waals surface area contributed by atoms with Crippen LogP contribution in [0.5, 0.6) is 0 Å². The van der Waals surface area contributed by atoms with Crippen LogP contribution in [0, 0.1) is 0 Å². The van der Waals surface area contributed by atoms with E-state index in [1.54, 1.807) is 0 Å². The van der Waals surface area contributed by atoms with Gasteiger partial charge in [-0.15, -0.1) is 0 Å². The summed E-state index contributed by atoms with van der Waals surface area (Å²) in [5.41, 5.74) is 0. The lowest BCUT2D eigenvalue weighted by atomic mass is 10.0. The zero-order chi connectivity index (χ0) is 11.3. The Morgan fingerprint density at radius 1 is 1.07 bits per heavy atom. The van der Waals surface area contributed by atoms with Crippen LogP contribution in [0.25, 0.3) is 0 Å². The van der Waals surface area contributed by atoms with Gasteiger partial charge in [-0.3, -0.25) is 9.59 Å². The van der Waals surface area contributed by atoms with E-state index in [0.29, 0.717) is 0 Å². The standard InChI is InChI=1S/C8H14O6/c1-4(10)2-5(11)7(13)8(14)6(12)3-9/h4-6,9-12H,2-3H2,1H3/t4?,5?,6-/m1/s1. The minimum Gasteiger partial charge on any atom is -0.393 e. The molecule has 0 aromatic carbocycles. The van der Waals surface area contributed by atoms with Gasteiger partial charge < -0.3 is 20.4 Å². The van der Waals surface area contributed by atoms with Gasteiger partial charge in [0.1, 0.15) is 12.2 Å². The van der Waals surface area contributed by atoms with Crippen molar-refractivity contribution >= 4 is 11.6 Å². The second-order valence-electron chi connectivity index (χ2n) is 3.03. The molecular weight excluding hydrogens is 192 g/mol. The Hall–Kier alpha value is -0.820. The Bertz CT molecular complexity index is 212. The lowest BCUT2D eigenvalue weighted by Crippen LogP contribution is -2.39. The van der Waals surface area contributed by atoms with Crippen LogP contribution in [0.2, 0.25) is 0 Å². The van der Waals surface area contributed by atoms with Gasteiger partial charge in [-0.1, -0.05) is 0 Å². The predicted octanol–water partition coefficient (Wildman–Crippen LogP) is -2.39. The van der Waals surface area contributed by atoms with Crippen molar-refractivity contribution < 1.29 is 30.0 Å². The van der Waals surface area contributed by atoms with E-state index in [1.165, 1.54) is 6.92 Å². The molecule has 0 amide bonds. The van der Waals surface area contributed by atoms with Gasteiger partial charge in [-0.25, -0.2) is 0 Å². The maximum absolute atomic E-state index is 11.0. The molecule has 0 aromatic heterocycles. The van der Waals surface area contributed by atoms with E-state index in [-0.39, 0.29) is 6.42 Å². The maximum Gasteiger partial charge on any atom is 0.231 e. The SMILES string of the molecule is CC(O)CC(O)C(=O)C(=O)[C@H](O)CO. The third-order valence-electron chi connectivity index (χ3n) is 1.59. The molecule has 0 aliphatic carbocycles. The first-order valence-corrected chi connectivity index (χ1v) is 4.13. The van der Waals surface area contributed by atoms with Gasteiger partial charge in [0.2, 0.25) is 11.6 Å². The van der Waals surface area contributed by atoms with Crippen LogP contribution >= 0.6 is 0 Å². The van der Waals surface area contributed by atoms with Crippen molar-refractivity contribution in [3.05, 3.63) is 0 Å². The number of aliphatic hydroxyl groups excluding tert-OH is 4. The molecule has 6 nitrogen and oxygen atoms in total. The topological polar surface area (TPSA) is 115 Å². The molecule has 0 saturated carbocycles. The normalized spacial score (nSPS) is 17.2. The maximum atomic E-state index is 11.0. The predicted molar refractivity (Wildman–Crippen MR) is 45.4 cm³/mol. The number of hydrogen-bond acceptors (Lipinski definition) is 6. The fraction of sp³-hybridized carbons (Fsp3) is 0.750. The van der Waals surface area contributed by atoms with Crippen molar-refractivity contribution in [1.82, 2.24) is 0 Å². The van der Waals surface area contributed by atoms with Crippen LogP contribution in [0.1, 0.15) is 13.3 Å². The molecule has 0 fully saturated rings. The van der Waals surface area contributed by atoms with Gasteiger partial charge >= 0.3 is 0 Å². The zero-order valence-corrected chi connectivity index (χ0v) is 7.75. The summed E-state index contributed by atoms with van der Waals surface area (Å²) in [7, 11) is 0. The van der Waals surface area contributed by atoms with E-state index in [0.717, 1.165) is 0 Å². The van der Waals surface area contributed by atoms with Crippen LogP contribution in [-0.2, 0) is 9.59 Å². The third-order valence-corrected chi connectivity index (χ3v) is 1.59. The summed E-state index contributed by atoms with van der Waals surface area (Å²) in [6.45, 7) is 0.482. The molecule has 3 atom stereocenters. The zero-order valence-electron chi connectivity index (χ0n) is 7.75. The molecule has 0 spiro atoms. The molecule has 0 radical (unpaired) electrons. The van der Waals surface area contributed by atoms with Crippen molar-refractivity contribution in [3.63, 3.8) is 0 Å². The molecule has 2 unspecified atom stereocenters. The number of carbonyl (C=O) groups excluding carboxylic acids is 2. The van der Waals surface area contributed by atoms with Gasteiger partial charge in [0.15, 0.2) is 0 Å².